The van der Waals surface area contributed by atoms with Crippen LogP contribution < -0.4 is 5.73 Å². The zero-order valence-corrected chi connectivity index (χ0v) is 8.95. The summed E-state index contributed by atoms with van der Waals surface area (Å²) in [7, 11) is 0. The van der Waals surface area contributed by atoms with Crippen molar-refractivity contribution in [1.29, 1.82) is 0 Å². The third-order valence-electron chi connectivity index (χ3n) is 3.52. The van der Waals surface area contributed by atoms with Crippen LogP contribution in [0.2, 0.25) is 0 Å². The standard InChI is InChI=1S/C11H22N2O/c12-6-7-13(11-8-14-9-11)10-4-2-1-3-5-10/h10-11H,1-9,12H2. The van der Waals surface area contributed by atoms with Gasteiger partial charge in [0.2, 0.25) is 0 Å². The molecule has 2 aliphatic rings. The second-order valence-corrected chi connectivity index (χ2v) is 4.51. The lowest BCUT2D eigenvalue weighted by Gasteiger charge is -2.43. The molecule has 3 nitrogen and oxygen atoms in total. The number of hydrogen-bond donors (Lipinski definition) is 1. The molecule has 0 bridgehead atoms. The fraction of sp³-hybridized carbons (Fsp3) is 1.00. The quantitative estimate of drug-likeness (QED) is 0.732. The van der Waals surface area contributed by atoms with Crippen LogP contribution in [0.15, 0.2) is 0 Å². The van der Waals surface area contributed by atoms with Crippen LogP contribution in [0.1, 0.15) is 32.1 Å². The molecule has 1 aliphatic carbocycles. The van der Waals surface area contributed by atoms with E-state index in [1.165, 1.54) is 32.1 Å². The van der Waals surface area contributed by atoms with Crippen LogP contribution in [0.3, 0.4) is 0 Å². The van der Waals surface area contributed by atoms with E-state index in [9.17, 15) is 0 Å². The molecule has 0 aromatic rings. The van der Waals surface area contributed by atoms with Crippen LogP contribution in [0, 0.1) is 0 Å². The van der Waals surface area contributed by atoms with Gasteiger partial charge < -0.3 is 10.5 Å². The summed E-state index contributed by atoms with van der Waals surface area (Å²) >= 11 is 0. The van der Waals surface area contributed by atoms with Gasteiger partial charge in [-0.1, -0.05) is 19.3 Å². The minimum Gasteiger partial charge on any atom is -0.378 e. The molecule has 2 fully saturated rings. The first kappa shape index (κ1) is 10.4. The van der Waals surface area contributed by atoms with Crippen LogP contribution >= 0.6 is 0 Å². The Kier molecular flexibility index (Phi) is 3.79. The summed E-state index contributed by atoms with van der Waals surface area (Å²) in [5.74, 6) is 0. The van der Waals surface area contributed by atoms with Gasteiger partial charge in [-0.25, -0.2) is 0 Å². The monoisotopic (exact) mass is 198 g/mol. The highest BCUT2D eigenvalue weighted by Crippen LogP contribution is 2.25. The molecule has 0 amide bonds. The lowest BCUT2D eigenvalue weighted by atomic mass is 9.93. The van der Waals surface area contributed by atoms with Gasteiger partial charge in [0.1, 0.15) is 0 Å². The number of ether oxygens (including phenoxy) is 1. The second kappa shape index (κ2) is 5.10. The summed E-state index contributed by atoms with van der Waals surface area (Å²) in [5, 5.41) is 0. The Bertz CT molecular complexity index is 165. The molecular weight excluding hydrogens is 176 g/mol. The molecule has 82 valence electrons. The Balaban J connectivity index is 1.86. The molecule has 0 aromatic carbocycles. The third kappa shape index (κ3) is 2.27. The van der Waals surface area contributed by atoms with Gasteiger partial charge in [-0.2, -0.15) is 0 Å². The van der Waals surface area contributed by atoms with Crippen molar-refractivity contribution in [1.82, 2.24) is 4.90 Å². The summed E-state index contributed by atoms with van der Waals surface area (Å²) in [5.41, 5.74) is 5.67. The van der Waals surface area contributed by atoms with Crippen molar-refractivity contribution in [3.63, 3.8) is 0 Å². The summed E-state index contributed by atoms with van der Waals surface area (Å²) < 4.78 is 5.27. The molecule has 1 saturated heterocycles. The predicted octanol–water partition coefficient (Wildman–Crippen LogP) is 0.979. The van der Waals surface area contributed by atoms with Gasteiger partial charge in [0.05, 0.1) is 19.3 Å². The summed E-state index contributed by atoms with van der Waals surface area (Å²) in [6.07, 6.45) is 6.97. The molecule has 0 aromatic heterocycles. The van der Waals surface area contributed by atoms with Crippen LogP contribution in [-0.4, -0.2) is 43.3 Å². The average molecular weight is 198 g/mol. The Morgan fingerprint density at radius 2 is 1.79 bits per heavy atom. The van der Waals surface area contributed by atoms with Crippen molar-refractivity contribution in [2.45, 2.75) is 44.2 Å². The minimum atomic E-state index is 0.668. The van der Waals surface area contributed by atoms with Gasteiger partial charge in [-0.3, -0.25) is 4.90 Å². The maximum absolute atomic E-state index is 5.67. The van der Waals surface area contributed by atoms with E-state index in [0.29, 0.717) is 6.04 Å². The second-order valence-electron chi connectivity index (χ2n) is 4.51. The molecule has 14 heavy (non-hydrogen) atoms. The fourth-order valence-corrected chi connectivity index (χ4v) is 2.64. The van der Waals surface area contributed by atoms with E-state index in [-0.39, 0.29) is 0 Å². The predicted molar refractivity (Wildman–Crippen MR) is 57.2 cm³/mol. The van der Waals surface area contributed by atoms with Gasteiger partial charge in [-0.15, -0.1) is 0 Å². The van der Waals surface area contributed by atoms with E-state index in [1.54, 1.807) is 0 Å². The maximum Gasteiger partial charge on any atom is 0.0645 e. The molecule has 0 radical (unpaired) electrons. The van der Waals surface area contributed by atoms with Crippen molar-refractivity contribution in [2.75, 3.05) is 26.3 Å². The van der Waals surface area contributed by atoms with Crippen molar-refractivity contribution >= 4 is 0 Å². The first-order valence-corrected chi connectivity index (χ1v) is 5.95. The molecule has 2 N–H and O–H groups in total. The number of hydrogen-bond acceptors (Lipinski definition) is 3. The van der Waals surface area contributed by atoms with Gasteiger partial charge in [-0.05, 0) is 12.8 Å². The Labute approximate surface area is 86.6 Å². The first-order valence-electron chi connectivity index (χ1n) is 5.95. The molecule has 1 aliphatic heterocycles. The zero-order valence-electron chi connectivity index (χ0n) is 8.95. The molecule has 2 rings (SSSR count). The number of rotatable bonds is 4. The average Bonchev–Trinajstić information content (AvgIpc) is 2.16. The van der Waals surface area contributed by atoms with E-state index < -0.39 is 0 Å². The first-order chi connectivity index (χ1) is 6.92. The van der Waals surface area contributed by atoms with Crippen molar-refractivity contribution in [2.24, 2.45) is 5.73 Å². The smallest absolute Gasteiger partial charge is 0.0645 e. The molecule has 1 saturated carbocycles. The lowest BCUT2D eigenvalue weighted by Crippen LogP contribution is -2.55. The zero-order chi connectivity index (χ0) is 9.80. The molecule has 0 spiro atoms. The van der Waals surface area contributed by atoms with E-state index in [1.807, 2.05) is 0 Å². The largest absolute Gasteiger partial charge is 0.378 e. The van der Waals surface area contributed by atoms with E-state index >= 15 is 0 Å². The molecular formula is C11H22N2O. The highest BCUT2D eigenvalue weighted by atomic mass is 16.5. The van der Waals surface area contributed by atoms with Crippen molar-refractivity contribution in [3.05, 3.63) is 0 Å². The van der Waals surface area contributed by atoms with E-state index in [2.05, 4.69) is 4.90 Å². The normalized spacial score (nSPS) is 25.3. The topological polar surface area (TPSA) is 38.5 Å². The molecule has 3 heteroatoms. The Hall–Kier alpha value is -0.120. The van der Waals surface area contributed by atoms with Gasteiger partial charge in [0, 0.05) is 19.1 Å². The lowest BCUT2D eigenvalue weighted by molar-refractivity contribution is -0.0826. The molecule has 1 heterocycles. The van der Waals surface area contributed by atoms with Crippen molar-refractivity contribution in [3.8, 4) is 0 Å². The Morgan fingerprint density at radius 3 is 2.29 bits per heavy atom. The van der Waals surface area contributed by atoms with Gasteiger partial charge in [0.25, 0.3) is 0 Å². The van der Waals surface area contributed by atoms with Gasteiger partial charge in [0.15, 0.2) is 0 Å². The van der Waals surface area contributed by atoms with Crippen molar-refractivity contribution < 1.29 is 4.74 Å². The summed E-state index contributed by atoms with van der Waals surface area (Å²) in [4.78, 5) is 2.60. The van der Waals surface area contributed by atoms with E-state index in [0.717, 1.165) is 32.3 Å². The van der Waals surface area contributed by atoms with E-state index in [4.69, 9.17) is 10.5 Å². The van der Waals surface area contributed by atoms with Crippen LogP contribution in [-0.2, 0) is 4.74 Å². The van der Waals surface area contributed by atoms with Crippen LogP contribution in [0.5, 0.6) is 0 Å². The third-order valence-corrected chi connectivity index (χ3v) is 3.52. The Morgan fingerprint density at radius 1 is 1.07 bits per heavy atom. The maximum atomic E-state index is 5.67. The minimum absolute atomic E-state index is 0.668. The highest BCUT2D eigenvalue weighted by molar-refractivity contribution is 4.85. The number of nitrogens with two attached hydrogens (primary N) is 1. The fourth-order valence-electron chi connectivity index (χ4n) is 2.64. The molecule has 0 unspecified atom stereocenters. The van der Waals surface area contributed by atoms with Crippen LogP contribution in [0.25, 0.3) is 0 Å². The number of nitrogens with zero attached hydrogens (tertiary/aromatic N) is 1. The van der Waals surface area contributed by atoms with Gasteiger partial charge >= 0.3 is 0 Å². The summed E-state index contributed by atoms with van der Waals surface area (Å²) in [6, 6.07) is 1.46. The van der Waals surface area contributed by atoms with Crippen LogP contribution in [0.4, 0.5) is 0 Å². The molecule has 0 atom stereocenters. The highest BCUT2D eigenvalue weighted by Gasteiger charge is 2.31. The summed E-state index contributed by atoms with van der Waals surface area (Å²) in [6.45, 7) is 3.69. The SMILES string of the molecule is NCCN(C1CCCCC1)C1COC1.